The maximum absolute atomic E-state index is 12.7. The summed E-state index contributed by atoms with van der Waals surface area (Å²) >= 11 is 2.91. The average Bonchev–Trinajstić information content (AvgIpc) is 3.40. The van der Waals surface area contributed by atoms with E-state index in [0.29, 0.717) is 6.54 Å². The molecule has 3 aromatic rings. The Hall–Kier alpha value is -2.12. The van der Waals surface area contributed by atoms with E-state index in [9.17, 15) is 4.79 Å². The van der Waals surface area contributed by atoms with Gasteiger partial charge in [0, 0.05) is 5.56 Å². The van der Waals surface area contributed by atoms with E-state index in [2.05, 4.69) is 27.6 Å². The van der Waals surface area contributed by atoms with Gasteiger partial charge in [0.2, 0.25) is 5.13 Å². The Morgan fingerprint density at radius 2 is 2.19 bits per heavy atom. The van der Waals surface area contributed by atoms with E-state index in [1.54, 1.807) is 6.26 Å². The molecule has 0 unspecified atom stereocenters. The minimum Gasteiger partial charge on any atom is -0.467 e. The van der Waals surface area contributed by atoms with Gasteiger partial charge in [-0.05, 0) is 55.5 Å². The van der Waals surface area contributed by atoms with Crippen molar-refractivity contribution in [2.75, 3.05) is 5.32 Å². The van der Waals surface area contributed by atoms with Crippen LogP contribution in [0.2, 0.25) is 0 Å². The molecule has 0 saturated heterocycles. The normalized spacial score (nSPS) is 14.2. The zero-order chi connectivity index (χ0) is 17.9. The predicted molar refractivity (Wildman–Crippen MR) is 104 cm³/mol. The van der Waals surface area contributed by atoms with Gasteiger partial charge in [0.15, 0.2) is 10.1 Å². The molecule has 1 N–H and O–H groups in total. The standard InChI is InChI=1S/C19H19N3O2S2/c1-12(17(23)15-8-7-13-4-2-5-14(13)10-15)25-19-22-21-18(26-19)20-11-16-6-3-9-24-16/h3,6-10,12H,2,4-5,11H2,1H3,(H,20,21)/t12-/m0/s1. The number of ketones is 1. The number of hydrogen-bond donors (Lipinski definition) is 1. The predicted octanol–water partition coefficient (Wildman–Crippen LogP) is 4.60. The third-order valence-corrected chi connectivity index (χ3v) is 6.50. The first-order chi connectivity index (χ1) is 12.7. The second-order valence-electron chi connectivity index (χ2n) is 6.27. The van der Waals surface area contributed by atoms with Gasteiger partial charge in [-0.25, -0.2) is 0 Å². The molecule has 1 aliphatic rings. The Labute approximate surface area is 160 Å². The molecule has 0 fully saturated rings. The van der Waals surface area contributed by atoms with Crippen molar-refractivity contribution in [1.29, 1.82) is 0 Å². The van der Waals surface area contributed by atoms with Gasteiger partial charge in [0.05, 0.1) is 18.1 Å². The minimum absolute atomic E-state index is 0.144. The van der Waals surface area contributed by atoms with Gasteiger partial charge in [-0.2, -0.15) is 0 Å². The van der Waals surface area contributed by atoms with Crippen molar-refractivity contribution in [3.05, 3.63) is 59.0 Å². The van der Waals surface area contributed by atoms with E-state index in [0.717, 1.165) is 33.6 Å². The van der Waals surface area contributed by atoms with Gasteiger partial charge in [-0.1, -0.05) is 35.2 Å². The second kappa shape index (κ2) is 7.63. The molecule has 0 amide bonds. The number of fused-ring (bicyclic) bond motifs is 1. The van der Waals surface area contributed by atoms with Crippen LogP contribution in [0.5, 0.6) is 0 Å². The van der Waals surface area contributed by atoms with Crippen LogP contribution in [0.4, 0.5) is 5.13 Å². The molecule has 2 aromatic heterocycles. The van der Waals surface area contributed by atoms with Crippen molar-refractivity contribution >= 4 is 34.0 Å². The first-order valence-corrected chi connectivity index (χ1v) is 10.3. The van der Waals surface area contributed by atoms with Crippen molar-refractivity contribution < 1.29 is 9.21 Å². The fourth-order valence-electron chi connectivity index (χ4n) is 3.07. The van der Waals surface area contributed by atoms with Crippen molar-refractivity contribution in [3.8, 4) is 0 Å². The lowest BCUT2D eigenvalue weighted by molar-refractivity contribution is 0.0994. The van der Waals surface area contributed by atoms with Crippen molar-refractivity contribution in [1.82, 2.24) is 10.2 Å². The minimum atomic E-state index is -0.194. The number of hydrogen-bond acceptors (Lipinski definition) is 7. The maximum Gasteiger partial charge on any atom is 0.206 e. The summed E-state index contributed by atoms with van der Waals surface area (Å²) in [6.45, 7) is 2.49. The van der Waals surface area contributed by atoms with Crippen molar-refractivity contribution in [2.45, 2.75) is 42.3 Å². The van der Waals surface area contributed by atoms with Gasteiger partial charge in [0.1, 0.15) is 5.76 Å². The van der Waals surface area contributed by atoms with Gasteiger partial charge in [-0.3, -0.25) is 4.79 Å². The van der Waals surface area contributed by atoms with E-state index in [1.165, 1.54) is 40.6 Å². The molecule has 1 aromatic carbocycles. The highest BCUT2D eigenvalue weighted by Gasteiger charge is 2.21. The molecule has 7 heteroatoms. The lowest BCUT2D eigenvalue weighted by atomic mass is 10.0. The van der Waals surface area contributed by atoms with E-state index >= 15 is 0 Å². The number of nitrogens with zero attached hydrogens (tertiary/aromatic N) is 2. The summed E-state index contributed by atoms with van der Waals surface area (Å²) in [5.74, 6) is 0.986. The molecule has 2 heterocycles. The SMILES string of the molecule is C[C@H](Sc1nnc(NCc2ccco2)s1)C(=O)c1ccc2c(c1)CCC2. The van der Waals surface area contributed by atoms with Crippen LogP contribution < -0.4 is 5.32 Å². The molecule has 26 heavy (non-hydrogen) atoms. The Kier molecular flexibility index (Phi) is 5.08. The number of carbonyl (C=O) groups is 1. The highest BCUT2D eigenvalue weighted by molar-refractivity contribution is 8.02. The quantitative estimate of drug-likeness (QED) is 0.474. The smallest absolute Gasteiger partial charge is 0.206 e. The zero-order valence-electron chi connectivity index (χ0n) is 14.4. The maximum atomic E-state index is 12.7. The summed E-state index contributed by atoms with van der Waals surface area (Å²) in [6.07, 6.45) is 5.05. The highest BCUT2D eigenvalue weighted by atomic mass is 32.2. The molecule has 5 nitrogen and oxygen atoms in total. The lowest BCUT2D eigenvalue weighted by Gasteiger charge is -2.09. The average molecular weight is 386 g/mol. The number of benzene rings is 1. The summed E-state index contributed by atoms with van der Waals surface area (Å²) in [7, 11) is 0. The fourth-order valence-corrected chi connectivity index (χ4v) is 5.04. The van der Waals surface area contributed by atoms with Crippen LogP contribution in [0.3, 0.4) is 0 Å². The van der Waals surface area contributed by atoms with Crippen LogP contribution in [0.25, 0.3) is 0 Å². The number of aryl methyl sites for hydroxylation is 2. The Morgan fingerprint density at radius 1 is 1.31 bits per heavy atom. The number of carbonyl (C=O) groups excluding carboxylic acids is 1. The summed E-state index contributed by atoms with van der Waals surface area (Å²) in [4.78, 5) is 12.7. The number of anilines is 1. The molecule has 1 atom stereocenters. The van der Waals surface area contributed by atoms with Crippen molar-refractivity contribution in [3.63, 3.8) is 0 Å². The molecular formula is C19H19N3O2S2. The Bertz CT molecular complexity index is 905. The highest BCUT2D eigenvalue weighted by Crippen LogP contribution is 2.31. The number of nitrogens with one attached hydrogen (secondary N) is 1. The van der Waals surface area contributed by atoms with Crippen LogP contribution in [-0.2, 0) is 19.4 Å². The van der Waals surface area contributed by atoms with Crippen LogP contribution in [-0.4, -0.2) is 21.2 Å². The number of aromatic nitrogens is 2. The van der Waals surface area contributed by atoms with Gasteiger partial charge in [-0.15, -0.1) is 10.2 Å². The molecular weight excluding hydrogens is 366 g/mol. The van der Waals surface area contributed by atoms with Crippen LogP contribution >= 0.6 is 23.1 Å². The number of rotatable bonds is 7. The molecule has 0 aliphatic heterocycles. The van der Waals surface area contributed by atoms with E-state index < -0.39 is 0 Å². The first kappa shape index (κ1) is 17.3. The number of furan rings is 1. The Morgan fingerprint density at radius 3 is 3.04 bits per heavy atom. The largest absolute Gasteiger partial charge is 0.467 e. The third-order valence-electron chi connectivity index (χ3n) is 4.43. The van der Waals surface area contributed by atoms with Crippen LogP contribution in [0, 0.1) is 0 Å². The lowest BCUT2D eigenvalue weighted by Crippen LogP contribution is -2.13. The molecule has 134 valence electrons. The monoisotopic (exact) mass is 385 g/mol. The zero-order valence-corrected chi connectivity index (χ0v) is 16.0. The van der Waals surface area contributed by atoms with Gasteiger partial charge < -0.3 is 9.73 Å². The topological polar surface area (TPSA) is 68.0 Å². The Balaban J connectivity index is 1.37. The third kappa shape index (κ3) is 3.83. The van der Waals surface area contributed by atoms with E-state index in [4.69, 9.17) is 4.42 Å². The van der Waals surface area contributed by atoms with Gasteiger partial charge >= 0.3 is 0 Å². The van der Waals surface area contributed by atoms with Gasteiger partial charge in [0.25, 0.3) is 0 Å². The molecule has 0 bridgehead atoms. The van der Waals surface area contributed by atoms with E-state index in [1.807, 2.05) is 25.1 Å². The molecule has 0 spiro atoms. The number of thioether (sulfide) groups is 1. The van der Waals surface area contributed by atoms with E-state index in [-0.39, 0.29) is 11.0 Å². The van der Waals surface area contributed by atoms with Crippen LogP contribution in [0.1, 0.15) is 40.6 Å². The van der Waals surface area contributed by atoms with Crippen molar-refractivity contribution in [2.24, 2.45) is 0 Å². The summed E-state index contributed by atoms with van der Waals surface area (Å²) in [5, 5.41) is 12.0. The molecule has 0 radical (unpaired) electrons. The summed E-state index contributed by atoms with van der Waals surface area (Å²) < 4.78 is 6.07. The van der Waals surface area contributed by atoms with Crippen LogP contribution in [0.15, 0.2) is 45.4 Å². The fraction of sp³-hybridized carbons (Fsp3) is 0.316. The summed E-state index contributed by atoms with van der Waals surface area (Å²) in [6, 6.07) is 9.89. The number of Topliss-reactive ketones (excluding diaryl/α,β-unsaturated/α-hetero) is 1. The first-order valence-electron chi connectivity index (χ1n) is 8.61. The second-order valence-corrected chi connectivity index (χ2v) is 8.83. The summed E-state index contributed by atoms with van der Waals surface area (Å²) in [5.41, 5.74) is 3.51. The molecule has 1 aliphatic carbocycles. The molecule has 4 rings (SSSR count). The molecule has 0 saturated carbocycles.